The van der Waals surface area contributed by atoms with Gasteiger partial charge in [-0.3, -0.25) is 4.90 Å². The number of rotatable bonds is 2. The zero-order chi connectivity index (χ0) is 10.7. The van der Waals surface area contributed by atoms with Gasteiger partial charge in [-0.2, -0.15) is 0 Å². The Hall–Kier alpha value is -1.71. The van der Waals surface area contributed by atoms with E-state index < -0.39 is 6.09 Å². The molecule has 14 heavy (non-hydrogen) atoms. The third-order valence-electron chi connectivity index (χ3n) is 2.04. The van der Waals surface area contributed by atoms with Crippen LogP contribution >= 0.6 is 0 Å². The standard InChI is InChI=1S/C10H13NO3/c1-7-5-4-6-8(14-3)9(7)11(2)10(12)13/h4-6H,1-3H3,(H,12,13). The number of benzene rings is 1. The molecule has 1 amide bonds. The minimum absolute atomic E-state index is 0.565. The van der Waals surface area contributed by atoms with Gasteiger partial charge in [-0.15, -0.1) is 0 Å². The number of ether oxygens (including phenoxy) is 1. The number of hydrogen-bond donors (Lipinski definition) is 1. The van der Waals surface area contributed by atoms with E-state index in [1.165, 1.54) is 14.2 Å². The molecule has 0 saturated carbocycles. The van der Waals surface area contributed by atoms with Gasteiger partial charge >= 0.3 is 6.09 Å². The highest BCUT2D eigenvalue weighted by Crippen LogP contribution is 2.30. The molecule has 0 aliphatic carbocycles. The molecule has 0 unspecified atom stereocenters. The second-order valence-corrected chi connectivity index (χ2v) is 2.97. The number of carbonyl (C=O) groups is 1. The van der Waals surface area contributed by atoms with Crippen LogP contribution in [0.25, 0.3) is 0 Å². The lowest BCUT2D eigenvalue weighted by Crippen LogP contribution is -2.25. The summed E-state index contributed by atoms with van der Waals surface area (Å²) >= 11 is 0. The lowest BCUT2D eigenvalue weighted by molar-refractivity contribution is 0.203. The third kappa shape index (κ3) is 1.79. The summed E-state index contributed by atoms with van der Waals surface area (Å²) in [5, 5.41) is 8.85. The van der Waals surface area contributed by atoms with E-state index >= 15 is 0 Å². The first-order valence-electron chi connectivity index (χ1n) is 4.18. The highest BCUT2D eigenvalue weighted by molar-refractivity contribution is 5.88. The predicted octanol–water partition coefficient (Wildman–Crippen LogP) is 2.12. The summed E-state index contributed by atoms with van der Waals surface area (Å²) in [6, 6.07) is 5.41. The summed E-state index contributed by atoms with van der Waals surface area (Å²) < 4.78 is 5.09. The number of anilines is 1. The normalized spacial score (nSPS) is 9.64. The maximum atomic E-state index is 10.8. The summed E-state index contributed by atoms with van der Waals surface area (Å²) in [6.45, 7) is 1.84. The van der Waals surface area contributed by atoms with E-state index in [1.807, 2.05) is 19.1 Å². The van der Waals surface area contributed by atoms with Crippen molar-refractivity contribution in [2.75, 3.05) is 19.1 Å². The van der Waals surface area contributed by atoms with E-state index in [-0.39, 0.29) is 0 Å². The molecule has 0 fully saturated rings. The number of aryl methyl sites for hydroxylation is 1. The van der Waals surface area contributed by atoms with Gasteiger partial charge in [0.25, 0.3) is 0 Å². The van der Waals surface area contributed by atoms with Crippen LogP contribution in [0.4, 0.5) is 10.5 Å². The van der Waals surface area contributed by atoms with Crippen molar-refractivity contribution in [3.63, 3.8) is 0 Å². The fraction of sp³-hybridized carbons (Fsp3) is 0.300. The lowest BCUT2D eigenvalue weighted by atomic mass is 10.1. The zero-order valence-corrected chi connectivity index (χ0v) is 8.44. The van der Waals surface area contributed by atoms with Crippen LogP contribution in [0.2, 0.25) is 0 Å². The minimum Gasteiger partial charge on any atom is -0.495 e. The zero-order valence-electron chi connectivity index (χ0n) is 8.44. The fourth-order valence-corrected chi connectivity index (χ4v) is 1.32. The number of para-hydroxylation sites is 1. The van der Waals surface area contributed by atoms with Crippen molar-refractivity contribution < 1.29 is 14.6 Å². The van der Waals surface area contributed by atoms with Crippen LogP contribution in [0.3, 0.4) is 0 Å². The monoisotopic (exact) mass is 195 g/mol. The van der Waals surface area contributed by atoms with E-state index in [4.69, 9.17) is 9.84 Å². The van der Waals surface area contributed by atoms with Crippen molar-refractivity contribution in [3.8, 4) is 5.75 Å². The van der Waals surface area contributed by atoms with E-state index in [0.717, 1.165) is 10.5 Å². The number of methoxy groups -OCH3 is 1. The Morgan fingerprint density at radius 2 is 2.14 bits per heavy atom. The molecule has 1 rings (SSSR count). The van der Waals surface area contributed by atoms with Crippen LogP contribution in [0.5, 0.6) is 5.75 Å². The van der Waals surface area contributed by atoms with Crippen LogP contribution < -0.4 is 9.64 Å². The van der Waals surface area contributed by atoms with E-state index in [2.05, 4.69) is 0 Å². The molecule has 0 heterocycles. The highest BCUT2D eigenvalue weighted by atomic mass is 16.5. The number of amides is 1. The van der Waals surface area contributed by atoms with Crippen LogP contribution in [0.1, 0.15) is 5.56 Å². The summed E-state index contributed by atoms with van der Waals surface area (Å²) in [4.78, 5) is 11.9. The van der Waals surface area contributed by atoms with Crippen molar-refractivity contribution in [3.05, 3.63) is 23.8 Å². The van der Waals surface area contributed by atoms with Crippen molar-refractivity contribution in [2.45, 2.75) is 6.92 Å². The molecule has 1 aromatic carbocycles. The molecule has 0 saturated heterocycles. The molecule has 0 aromatic heterocycles. The molecule has 1 aromatic rings. The Morgan fingerprint density at radius 3 is 2.64 bits per heavy atom. The highest BCUT2D eigenvalue weighted by Gasteiger charge is 2.15. The van der Waals surface area contributed by atoms with E-state index in [9.17, 15) is 4.79 Å². The third-order valence-corrected chi connectivity index (χ3v) is 2.04. The molecule has 0 spiro atoms. The summed E-state index contributed by atoms with van der Waals surface area (Å²) in [6.07, 6.45) is -1.00. The van der Waals surface area contributed by atoms with E-state index in [1.54, 1.807) is 6.07 Å². The predicted molar refractivity (Wildman–Crippen MR) is 54.2 cm³/mol. The second-order valence-electron chi connectivity index (χ2n) is 2.97. The summed E-state index contributed by atoms with van der Waals surface area (Å²) in [7, 11) is 3.02. The van der Waals surface area contributed by atoms with Crippen molar-refractivity contribution in [2.24, 2.45) is 0 Å². The molecule has 4 nitrogen and oxygen atoms in total. The molecule has 0 atom stereocenters. The maximum Gasteiger partial charge on any atom is 0.411 e. The molecule has 76 valence electrons. The fourth-order valence-electron chi connectivity index (χ4n) is 1.32. The van der Waals surface area contributed by atoms with Crippen LogP contribution in [0.15, 0.2) is 18.2 Å². The van der Waals surface area contributed by atoms with Gasteiger partial charge in [0, 0.05) is 7.05 Å². The smallest absolute Gasteiger partial charge is 0.411 e. The minimum atomic E-state index is -1.00. The van der Waals surface area contributed by atoms with Gasteiger partial charge in [-0.1, -0.05) is 12.1 Å². The maximum absolute atomic E-state index is 10.8. The summed E-state index contributed by atoms with van der Waals surface area (Å²) in [5.41, 5.74) is 1.46. The molecule has 1 N–H and O–H groups in total. The first-order valence-corrected chi connectivity index (χ1v) is 4.18. The van der Waals surface area contributed by atoms with Gasteiger partial charge in [-0.05, 0) is 18.6 Å². The number of hydrogen-bond acceptors (Lipinski definition) is 2. The first kappa shape index (κ1) is 10.4. The van der Waals surface area contributed by atoms with Gasteiger partial charge in [-0.25, -0.2) is 4.79 Å². The number of nitrogens with zero attached hydrogens (tertiary/aromatic N) is 1. The van der Waals surface area contributed by atoms with Crippen molar-refractivity contribution in [1.82, 2.24) is 0 Å². The number of carboxylic acid groups (broad SMARTS) is 1. The molecule has 0 radical (unpaired) electrons. The quantitative estimate of drug-likeness (QED) is 0.786. The topological polar surface area (TPSA) is 49.8 Å². The molecular weight excluding hydrogens is 182 g/mol. The SMILES string of the molecule is COc1cccc(C)c1N(C)C(=O)O. The van der Waals surface area contributed by atoms with Gasteiger partial charge in [0.15, 0.2) is 0 Å². The van der Waals surface area contributed by atoms with Gasteiger partial charge < -0.3 is 9.84 Å². The average Bonchev–Trinajstić information content (AvgIpc) is 2.16. The molecule has 0 bridgehead atoms. The van der Waals surface area contributed by atoms with Crippen LogP contribution in [-0.4, -0.2) is 25.4 Å². The van der Waals surface area contributed by atoms with Crippen LogP contribution in [-0.2, 0) is 0 Å². The Balaban J connectivity index is 3.23. The Bertz CT molecular complexity index is 349. The lowest BCUT2D eigenvalue weighted by Gasteiger charge is -2.18. The van der Waals surface area contributed by atoms with Crippen molar-refractivity contribution >= 4 is 11.8 Å². The van der Waals surface area contributed by atoms with Gasteiger partial charge in [0.1, 0.15) is 5.75 Å². The Labute approximate surface area is 82.7 Å². The van der Waals surface area contributed by atoms with Gasteiger partial charge in [0.05, 0.1) is 12.8 Å². The van der Waals surface area contributed by atoms with Crippen LogP contribution in [0, 0.1) is 6.92 Å². The largest absolute Gasteiger partial charge is 0.495 e. The Kier molecular flexibility index (Phi) is 2.96. The van der Waals surface area contributed by atoms with Crippen molar-refractivity contribution in [1.29, 1.82) is 0 Å². The average molecular weight is 195 g/mol. The molecule has 0 aliphatic rings. The van der Waals surface area contributed by atoms with Gasteiger partial charge in [0.2, 0.25) is 0 Å². The molecule has 4 heteroatoms. The van der Waals surface area contributed by atoms with E-state index in [0.29, 0.717) is 11.4 Å². The molecule has 0 aliphatic heterocycles. The second kappa shape index (κ2) is 4.00. The first-order chi connectivity index (χ1) is 6.57. The summed E-state index contributed by atoms with van der Waals surface area (Å²) in [5.74, 6) is 0.565. The molecular formula is C10H13NO3. The Morgan fingerprint density at radius 1 is 1.50 bits per heavy atom.